The van der Waals surface area contributed by atoms with Crippen LogP contribution in [0.3, 0.4) is 0 Å². The second-order valence-electron chi connectivity index (χ2n) is 13.6. The van der Waals surface area contributed by atoms with E-state index in [1.807, 2.05) is 0 Å². The lowest BCUT2D eigenvalue weighted by Crippen LogP contribution is -1.93. The first-order chi connectivity index (χ1) is 25.3. The number of nitrogens with zero attached hydrogens (tertiary/aromatic N) is 1. The number of benzene rings is 10. The third kappa shape index (κ3) is 4.16. The Bertz CT molecular complexity index is 3170. The molecule has 1 aromatic heterocycles. The highest BCUT2D eigenvalue weighted by atomic mass is 15.0. The Morgan fingerprint density at radius 1 is 0.235 bits per heavy atom. The molecule has 10 aromatic carbocycles. The molecule has 1 heterocycles. The molecule has 0 radical (unpaired) electrons. The zero-order valence-corrected chi connectivity index (χ0v) is 27.8. The van der Waals surface area contributed by atoms with Gasteiger partial charge in [-0.1, -0.05) is 146 Å². The van der Waals surface area contributed by atoms with Crippen molar-refractivity contribution in [2.45, 2.75) is 0 Å². The van der Waals surface area contributed by atoms with Gasteiger partial charge in [0.25, 0.3) is 0 Å². The summed E-state index contributed by atoms with van der Waals surface area (Å²) in [5, 5.41) is 15.6. The summed E-state index contributed by atoms with van der Waals surface area (Å²) in [5.74, 6) is 0. The van der Waals surface area contributed by atoms with E-state index in [9.17, 15) is 0 Å². The van der Waals surface area contributed by atoms with Gasteiger partial charge in [0, 0.05) is 16.5 Å². The van der Waals surface area contributed by atoms with Crippen LogP contribution >= 0.6 is 0 Å². The van der Waals surface area contributed by atoms with Crippen LogP contribution in [-0.4, -0.2) is 4.57 Å². The Balaban J connectivity index is 1.20. The van der Waals surface area contributed by atoms with Crippen LogP contribution in [0, 0.1) is 0 Å². The number of hydrogen-bond acceptors (Lipinski definition) is 0. The Morgan fingerprint density at radius 2 is 0.608 bits per heavy atom. The molecule has 0 atom stereocenters. The summed E-state index contributed by atoms with van der Waals surface area (Å²) in [6.07, 6.45) is 0. The number of fused-ring (bicyclic) bond motifs is 14. The minimum absolute atomic E-state index is 1.17. The monoisotopic (exact) mass is 645 g/mol. The molecule has 11 rings (SSSR count). The summed E-state index contributed by atoms with van der Waals surface area (Å²) >= 11 is 0. The van der Waals surface area contributed by atoms with Crippen molar-refractivity contribution in [2.75, 3.05) is 0 Å². The molecule has 0 spiro atoms. The van der Waals surface area contributed by atoms with Crippen LogP contribution in [0.15, 0.2) is 188 Å². The van der Waals surface area contributed by atoms with Crippen molar-refractivity contribution in [3.63, 3.8) is 0 Å². The molecule has 0 fully saturated rings. The van der Waals surface area contributed by atoms with Crippen molar-refractivity contribution in [2.24, 2.45) is 0 Å². The van der Waals surface area contributed by atoms with E-state index in [0.29, 0.717) is 0 Å². The Morgan fingerprint density at radius 3 is 1.14 bits per heavy atom. The molecule has 0 unspecified atom stereocenters. The zero-order valence-electron chi connectivity index (χ0n) is 27.8. The van der Waals surface area contributed by atoms with E-state index in [1.54, 1.807) is 0 Å². The lowest BCUT2D eigenvalue weighted by atomic mass is 9.86. The van der Waals surface area contributed by atoms with Crippen LogP contribution in [0.25, 0.3) is 104 Å². The molecule has 0 aliphatic carbocycles. The van der Waals surface area contributed by atoms with E-state index in [4.69, 9.17) is 0 Å². The SMILES string of the molecule is c1ccc(-c2ccc3c(c2)c2cc(-c4ccc5c(c4)c4ccccc4c4c6ccccc6c6ccccc6c54)ccc2n3-c2ccccc2)cc1. The second kappa shape index (κ2) is 10.9. The van der Waals surface area contributed by atoms with E-state index in [-0.39, 0.29) is 0 Å². The van der Waals surface area contributed by atoms with Crippen molar-refractivity contribution in [1.82, 2.24) is 4.57 Å². The summed E-state index contributed by atoms with van der Waals surface area (Å²) < 4.78 is 2.40. The van der Waals surface area contributed by atoms with Gasteiger partial charge in [-0.3, -0.25) is 0 Å². The van der Waals surface area contributed by atoms with Crippen molar-refractivity contribution >= 4 is 75.7 Å². The quantitative estimate of drug-likeness (QED) is 0.169. The molecular formula is C50H31N. The van der Waals surface area contributed by atoms with Crippen molar-refractivity contribution in [3.05, 3.63) is 188 Å². The van der Waals surface area contributed by atoms with Gasteiger partial charge >= 0.3 is 0 Å². The average Bonchev–Trinajstić information content (AvgIpc) is 3.54. The van der Waals surface area contributed by atoms with Crippen LogP contribution < -0.4 is 0 Å². The van der Waals surface area contributed by atoms with Crippen LogP contribution in [0.4, 0.5) is 0 Å². The molecular weight excluding hydrogens is 615 g/mol. The predicted molar refractivity (Wildman–Crippen MR) is 219 cm³/mol. The van der Waals surface area contributed by atoms with Gasteiger partial charge in [-0.2, -0.15) is 0 Å². The minimum atomic E-state index is 1.17. The summed E-state index contributed by atoms with van der Waals surface area (Å²) in [6, 6.07) is 69.2. The Kier molecular flexibility index (Phi) is 6.02. The van der Waals surface area contributed by atoms with Gasteiger partial charge in [0.15, 0.2) is 0 Å². The van der Waals surface area contributed by atoms with Crippen LogP contribution in [0.2, 0.25) is 0 Å². The normalized spacial score (nSPS) is 11.9. The van der Waals surface area contributed by atoms with Crippen LogP contribution in [0.1, 0.15) is 0 Å². The smallest absolute Gasteiger partial charge is 0.0541 e. The number of aromatic nitrogens is 1. The van der Waals surface area contributed by atoms with Gasteiger partial charge in [0.2, 0.25) is 0 Å². The van der Waals surface area contributed by atoms with Gasteiger partial charge in [0.1, 0.15) is 0 Å². The third-order valence-electron chi connectivity index (χ3n) is 10.9. The van der Waals surface area contributed by atoms with E-state index in [0.717, 1.165) is 0 Å². The van der Waals surface area contributed by atoms with Gasteiger partial charge in [-0.15, -0.1) is 0 Å². The molecule has 0 bridgehead atoms. The highest BCUT2D eigenvalue weighted by Crippen LogP contribution is 2.45. The molecule has 0 aliphatic heterocycles. The largest absolute Gasteiger partial charge is 0.309 e. The molecule has 51 heavy (non-hydrogen) atoms. The maximum Gasteiger partial charge on any atom is 0.0541 e. The van der Waals surface area contributed by atoms with Crippen LogP contribution in [-0.2, 0) is 0 Å². The summed E-state index contributed by atoms with van der Waals surface area (Å²) in [4.78, 5) is 0. The van der Waals surface area contributed by atoms with Crippen molar-refractivity contribution in [1.29, 1.82) is 0 Å². The highest BCUT2D eigenvalue weighted by molar-refractivity contribution is 6.39. The van der Waals surface area contributed by atoms with Crippen LogP contribution in [0.5, 0.6) is 0 Å². The molecule has 1 heteroatoms. The van der Waals surface area contributed by atoms with Gasteiger partial charge < -0.3 is 4.57 Å². The topological polar surface area (TPSA) is 4.93 Å². The number of hydrogen-bond donors (Lipinski definition) is 0. The maximum atomic E-state index is 2.42. The molecule has 0 saturated heterocycles. The van der Waals surface area contributed by atoms with Gasteiger partial charge in [-0.25, -0.2) is 0 Å². The fourth-order valence-electron chi connectivity index (χ4n) is 8.67. The highest BCUT2D eigenvalue weighted by Gasteiger charge is 2.18. The van der Waals surface area contributed by atoms with Gasteiger partial charge in [0.05, 0.1) is 11.0 Å². The Labute approximate surface area is 295 Å². The fourth-order valence-corrected chi connectivity index (χ4v) is 8.67. The van der Waals surface area contributed by atoms with Gasteiger partial charge in [-0.05, 0) is 119 Å². The lowest BCUT2D eigenvalue weighted by Gasteiger charge is -2.17. The number of rotatable bonds is 3. The average molecular weight is 646 g/mol. The van der Waals surface area contributed by atoms with Crippen molar-refractivity contribution in [3.8, 4) is 27.9 Å². The minimum Gasteiger partial charge on any atom is -0.309 e. The molecule has 0 saturated carbocycles. The molecule has 0 amide bonds. The van der Waals surface area contributed by atoms with E-state index in [1.165, 1.54) is 104 Å². The summed E-state index contributed by atoms with van der Waals surface area (Å²) in [6.45, 7) is 0. The van der Waals surface area contributed by atoms with E-state index < -0.39 is 0 Å². The zero-order chi connectivity index (χ0) is 33.5. The second-order valence-corrected chi connectivity index (χ2v) is 13.6. The van der Waals surface area contributed by atoms with Crippen molar-refractivity contribution < 1.29 is 0 Å². The molecule has 236 valence electrons. The molecule has 0 aliphatic rings. The maximum absolute atomic E-state index is 2.42. The predicted octanol–water partition coefficient (Wildman–Crippen LogP) is 13.9. The molecule has 0 N–H and O–H groups in total. The molecule has 11 aromatic rings. The van der Waals surface area contributed by atoms with E-state index >= 15 is 0 Å². The Hall–Kier alpha value is -6.70. The fraction of sp³-hybridized carbons (Fsp3) is 0. The standard InChI is InChI=1S/C50H31N/c1-3-13-32(14-4-1)33-24-27-47-45(30-33)46-31-35(25-28-48(46)51(47)36-15-5-2-6-16-36)34-23-26-43-44(29-34)39-19-9-12-22-42(39)49-40-20-10-7-17-37(40)38-18-8-11-21-41(38)50(43)49/h1-31H. The lowest BCUT2D eigenvalue weighted by molar-refractivity contribution is 1.18. The molecule has 1 nitrogen and oxygen atoms in total. The van der Waals surface area contributed by atoms with E-state index in [2.05, 4.69) is 193 Å². The summed E-state index contributed by atoms with van der Waals surface area (Å²) in [5.41, 5.74) is 8.48. The first-order valence-corrected chi connectivity index (χ1v) is 17.7. The first kappa shape index (κ1) is 28.2. The third-order valence-corrected chi connectivity index (χ3v) is 10.9. The number of para-hydroxylation sites is 1. The summed E-state index contributed by atoms with van der Waals surface area (Å²) in [7, 11) is 0. The first-order valence-electron chi connectivity index (χ1n) is 17.7.